The third-order valence-corrected chi connectivity index (χ3v) is 6.02. The van der Waals surface area contributed by atoms with Gasteiger partial charge in [-0.2, -0.15) is 0 Å². The van der Waals surface area contributed by atoms with Gasteiger partial charge in [-0.1, -0.05) is 6.07 Å². The molecule has 2 fully saturated rings. The number of carbonyl (C=O) groups excluding carboxylic acids is 3. The lowest BCUT2D eigenvalue weighted by Gasteiger charge is -2.29. The highest BCUT2D eigenvalue weighted by molar-refractivity contribution is 6.05. The fraction of sp³-hybridized carbons (Fsp3) is 0.364. The minimum atomic E-state index is -0.591. The van der Waals surface area contributed by atoms with Crippen molar-refractivity contribution in [3.63, 3.8) is 0 Å². The zero-order valence-corrected chi connectivity index (χ0v) is 16.2. The van der Waals surface area contributed by atoms with E-state index in [2.05, 4.69) is 28.2 Å². The van der Waals surface area contributed by atoms with Crippen LogP contribution in [0, 0.1) is 0 Å². The van der Waals surface area contributed by atoms with E-state index in [0.717, 1.165) is 29.9 Å². The summed E-state index contributed by atoms with van der Waals surface area (Å²) in [5, 5.41) is 2.33. The fourth-order valence-corrected chi connectivity index (χ4v) is 4.21. The first-order chi connectivity index (χ1) is 14.0. The molecule has 5 rings (SSSR count). The van der Waals surface area contributed by atoms with Crippen LogP contribution in [-0.4, -0.2) is 51.1 Å². The molecule has 0 saturated carbocycles. The number of rotatable bonds is 4. The number of imide groups is 1. The highest BCUT2D eigenvalue weighted by Gasteiger charge is 2.39. The van der Waals surface area contributed by atoms with E-state index in [1.807, 2.05) is 30.5 Å². The van der Waals surface area contributed by atoms with E-state index >= 15 is 0 Å². The second kappa shape index (κ2) is 6.77. The smallest absolute Gasteiger partial charge is 0.255 e. The summed E-state index contributed by atoms with van der Waals surface area (Å²) >= 11 is 0. The van der Waals surface area contributed by atoms with E-state index in [1.54, 1.807) is 4.90 Å². The maximum atomic E-state index is 12.8. The summed E-state index contributed by atoms with van der Waals surface area (Å²) in [5.41, 5.74) is 4.58. The van der Waals surface area contributed by atoms with Crippen molar-refractivity contribution in [2.45, 2.75) is 44.9 Å². The number of piperidine rings is 1. The van der Waals surface area contributed by atoms with Crippen molar-refractivity contribution >= 4 is 17.7 Å². The molecule has 2 aromatic rings. The Bertz CT molecular complexity index is 1030. The van der Waals surface area contributed by atoms with Gasteiger partial charge in [0.25, 0.3) is 5.91 Å². The van der Waals surface area contributed by atoms with Gasteiger partial charge in [0.05, 0.1) is 5.69 Å². The average molecular weight is 390 g/mol. The Hall–Kier alpha value is -3.06. The molecule has 2 saturated heterocycles. The Kier molecular flexibility index (Phi) is 4.20. The van der Waals surface area contributed by atoms with Crippen molar-refractivity contribution in [2.24, 2.45) is 0 Å². The molecule has 0 bridgehead atoms. The molecule has 0 spiro atoms. The molecule has 1 aromatic heterocycles. The van der Waals surface area contributed by atoms with Crippen molar-refractivity contribution in [1.29, 1.82) is 0 Å². The van der Waals surface area contributed by atoms with Gasteiger partial charge in [0.1, 0.15) is 6.04 Å². The first-order valence-electron chi connectivity index (χ1n) is 9.96. The lowest BCUT2D eigenvalue weighted by molar-refractivity contribution is -0.136. The summed E-state index contributed by atoms with van der Waals surface area (Å²) in [4.78, 5) is 44.9. The highest BCUT2D eigenvalue weighted by atomic mass is 16.2. The predicted octanol–water partition coefficient (Wildman–Crippen LogP) is 1.71. The lowest BCUT2D eigenvalue weighted by Crippen LogP contribution is -2.52. The molecule has 3 atom stereocenters. The summed E-state index contributed by atoms with van der Waals surface area (Å²) < 4.78 is 0. The number of benzene rings is 1. The summed E-state index contributed by atoms with van der Waals surface area (Å²) in [6, 6.07) is 9.92. The number of fused-ring (bicyclic) bond motifs is 1. The van der Waals surface area contributed by atoms with Crippen LogP contribution >= 0.6 is 0 Å². The minimum absolute atomic E-state index is 0.154. The summed E-state index contributed by atoms with van der Waals surface area (Å²) in [6.07, 6.45) is 2.46. The maximum Gasteiger partial charge on any atom is 0.255 e. The Morgan fingerprint density at radius 1 is 1.17 bits per heavy atom. The molecule has 4 heterocycles. The van der Waals surface area contributed by atoms with Crippen LogP contribution < -0.4 is 5.32 Å². The van der Waals surface area contributed by atoms with Crippen LogP contribution in [0.25, 0.3) is 11.3 Å². The molecule has 7 nitrogen and oxygen atoms in total. The molecular weight excluding hydrogens is 368 g/mol. The van der Waals surface area contributed by atoms with E-state index < -0.39 is 6.04 Å². The fourth-order valence-electron chi connectivity index (χ4n) is 4.21. The van der Waals surface area contributed by atoms with E-state index in [1.165, 1.54) is 5.56 Å². The highest BCUT2D eigenvalue weighted by Crippen LogP contribution is 2.31. The Morgan fingerprint density at radius 2 is 2.00 bits per heavy atom. The van der Waals surface area contributed by atoms with Crippen molar-refractivity contribution in [3.8, 4) is 11.3 Å². The number of amides is 3. The summed E-state index contributed by atoms with van der Waals surface area (Å²) in [7, 11) is 0. The number of aromatic nitrogens is 1. The van der Waals surface area contributed by atoms with Crippen molar-refractivity contribution in [3.05, 3.63) is 53.2 Å². The lowest BCUT2D eigenvalue weighted by atomic mass is 10.0. The quantitative estimate of drug-likeness (QED) is 0.635. The van der Waals surface area contributed by atoms with Crippen molar-refractivity contribution < 1.29 is 14.4 Å². The van der Waals surface area contributed by atoms with E-state index in [4.69, 9.17) is 0 Å². The molecule has 1 N–H and O–H groups in total. The summed E-state index contributed by atoms with van der Waals surface area (Å²) in [5.74, 6) is -0.819. The number of hydrogen-bond donors (Lipinski definition) is 1. The normalized spacial score (nSPS) is 25.8. The largest absolute Gasteiger partial charge is 0.322 e. The summed E-state index contributed by atoms with van der Waals surface area (Å²) in [6.45, 7) is 4.64. The molecule has 3 unspecified atom stereocenters. The number of pyridine rings is 1. The molecule has 1 aromatic carbocycles. The van der Waals surface area contributed by atoms with E-state index in [0.29, 0.717) is 24.6 Å². The van der Waals surface area contributed by atoms with Gasteiger partial charge in [-0.05, 0) is 48.7 Å². The molecule has 3 aliphatic rings. The number of nitrogens with one attached hydrogen (secondary N) is 1. The van der Waals surface area contributed by atoms with Crippen molar-refractivity contribution in [1.82, 2.24) is 20.1 Å². The van der Waals surface area contributed by atoms with Crippen LogP contribution in [0.15, 0.2) is 36.5 Å². The van der Waals surface area contributed by atoms with Gasteiger partial charge in [-0.3, -0.25) is 29.6 Å². The Morgan fingerprint density at radius 3 is 2.76 bits per heavy atom. The van der Waals surface area contributed by atoms with Crippen LogP contribution in [0.1, 0.15) is 41.3 Å². The zero-order valence-electron chi connectivity index (χ0n) is 16.2. The SMILES string of the molecule is CC1CN1Cc1ccnc(-c2ccc3c(c2)CN(C2CCC(=O)NC2=O)C3=O)c1. The number of hydrogen-bond acceptors (Lipinski definition) is 5. The first-order valence-corrected chi connectivity index (χ1v) is 9.96. The third-order valence-electron chi connectivity index (χ3n) is 6.02. The molecule has 3 aliphatic heterocycles. The van der Waals surface area contributed by atoms with E-state index in [-0.39, 0.29) is 24.1 Å². The topological polar surface area (TPSA) is 82.4 Å². The molecule has 29 heavy (non-hydrogen) atoms. The standard InChI is InChI=1S/C22H22N4O3/c1-13-10-25(13)11-14-6-7-23-18(8-14)15-2-3-17-16(9-15)12-26(22(17)29)19-4-5-20(27)24-21(19)28/h2-3,6-9,13,19H,4-5,10-12H2,1H3,(H,24,27,28). The molecule has 0 radical (unpaired) electrons. The Labute approximate surface area is 168 Å². The van der Waals surface area contributed by atoms with Gasteiger partial charge in [0, 0.05) is 49.4 Å². The second-order valence-corrected chi connectivity index (χ2v) is 8.10. The van der Waals surface area contributed by atoms with Crippen molar-refractivity contribution in [2.75, 3.05) is 6.54 Å². The van der Waals surface area contributed by atoms with Gasteiger partial charge in [-0.25, -0.2) is 0 Å². The van der Waals surface area contributed by atoms with Crippen LogP contribution in [0.5, 0.6) is 0 Å². The molecule has 3 amide bonds. The van der Waals surface area contributed by atoms with Gasteiger partial charge in [0.15, 0.2) is 0 Å². The van der Waals surface area contributed by atoms with Crippen LogP contribution in [-0.2, 0) is 22.7 Å². The van der Waals surface area contributed by atoms with E-state index in [9.17, 15) is 14.4 Å². The molecule has 0 aliphatic carbocycles. The second-order valence-electron chi connectivity index (χ2n) is 8.10. The molecule has 7 heteroatoms. The van der Waals surface area contributed by atoms with Crippen LogP contribution in [0.4, 0.5) is 0 Å². The van der Waals surface area contributed by atoms with Gasteiger partial charge in [0.2, 0.25) is 11.8 Å². The first kappa shape index (κ1) is 18.0. The third kappa shape index (κ3) is 3.31. The zero-order chi connectivity index (χ0) is 20.1. The minimum Gasteiger partial charge on any atom is -0.322 e. The Balaban J connectivity index is 1.38. The number of nitrogens with zero attached hydrogens (tertiary/aromatic N) is 3. The van der Waals surface area contributed by atoms with Gasteiger partial charge in [-0.15, -0.1) is 0 Å². The van der Waals surface area contributed by atoms with Gasteiger partial charge >= 0.3 is 0 Å². The van der Waals surface area contributed by atoms with Gasteiger partial charge < -0.3 is 4.90 Å². The average Bonchev–Trinajstić information content (AvgIpc) is 3.30. The predicted molar refractivity (Wildman–Crippen MR) is 106 cm³/mol. The maximum absolute atomic E-state index is 12.8. The number of carbonyl (C=O) groups is 3. The molecule has 148 valence electrons. The van der Waals surface area contributed by atoms with Crippen LogP contribution in [0.3, 0.4) is 0 Å². The van der Waals surface area contributed by atoms with Crippen LogP contribution in [0.2, 0.25) is 0 Å². The monoisotopic (exact) mass is 390 g/mol. The molecular formula is C22H22N4O3.